The van der Waals surface area contributed by atoms with Crippen LogP contribution in [0.1, 0.15) is 5.56 Å². The third-order valence-electron chi connectivity index (χ3n) is 2.20. The highest BCUT2D eigenvalue weighted by Gasteiger charge is 2.05. The molecule has 0 fully saturated rings. The summed E-state index contributed by atoms with van der Waals surface area (Å²) in [4.78, 5) is 0. The van der Waals surface area contributed by atoms with E-state index >= 15 is 0 Å². The SMILES string of the molecule is Cc1cc(Cl)cc2cnn(CCO)c12. The molecule has 0 saturated heterocycles. The van der Waals surface area contributed by atoms with Gasteiger partial charge in [-0.2, -0.15) is 5.10 Å². The molecule has 0 unspecified atom stereocenters. The number of rotatable bonds is 2. The highest BCUT2D eigenvalue weighted by molar-refractivity contribution is 6.31. The lowest BCUT2D eigenvalue weighted by Gasteiger charge is -2.03. The number of hydrogen-bond acceptors (Lipinski definition) is 2. The minimum absolute atomic E-state index is 0.0961. The summed E-state index contributed by atoms with van der Waals surface area (Å²) in [5, 5.41) is 14.8. The molecule has 1 N–H and O–H groups in total. The maximum Gasteiger partial charge on any atom is 0.0713 e. The summed E-state index contributed by atoms with van der Waals surface area (Å²) in [6.45, 7) is 2.61. The Balaban J connectivity index is 2.66. The number of benzene rings is 1. The first-order valence-electron chi connectivity index (χ1n) is 4.45. The van der Waals surface area contributed by atoms with Crippen molar-refractivity contribution in [1.82, 2.24) is 9.78 Å². The molecule has 0 amide bonds. The van der Waals surface area contributed by atoms with Crippen LogP contribution < -0.4 is 0 Å². The molecule has 0 saturated carbocycles. The number of fused-ring (bicyclic) bond motifs is 1. The van der Waals surface area contributed by atoms with Crippen molar-refractivity contribution in [2.45, 2.75) is 13.5 Å². The van der Waals surface area contributed by atoms with E-state index in [-0.39, 0.29) is 6.61 Å². The first kappa shape index (κ1) is 9.49. The molecule has 0 bridgehead atoms. The van der Waals surface area contributed by atoms with E-state index in [4.69, 9.17) is 16.7 Å². The van der Waals surface area contributed by atoms with Crippen LogP contribution in [0.25, 0.3) is 10.9 Å². The van der Waals surface area contributed by atoms with Gasteiger partial charge < -0.3 is 5.11 Å². The van der Waals surface area contributed by atoms with Crippen LogP contribution in [0.5, 0.6) is 0 Å². The molecule has 0 atom stereocenters. The van der Waals surface area contributed by atoms with Crippen molar-refractivity contribution in [3.8, 4) is 0 Å². The number of aliphatic hydroxyl groups is 1. The topological polar surface area (TPSA) is 38.0 Å². The second-order valence-corrected chi connectivity index (χ2v) is 3.69. The van der Waals surface area contributed by atoms with E-state index in [0.29, 0.717) is 6.54 Å². The van der Waals surface area contributed by atoms with E-state index < -0.39 is 0 Å². The molecule has 1 aromatic carbocycles. The van der Waals surface area contributed by atoms with Crippen LogP contribution in [0, 0.1) is 6.92 Å². The Morgan fingerprint density at radius 2 is 2.29 bits per heavy atom. The van der Waals surface area contributed by atoms with Gasteiger partial charge in [-0.05, 0) is 24.6 Å². The predicted octanol–water partition coefficient (Wildman–Crippen LogP) is 1.99. The van der Waals surface area contributed by atoms with Crippen LogP contribution in [0.15, 0.2) is 18.3 Å². The number of aromatic nitrogens is 2. The molecule has 14 heavy (non-hydrogen) atoms. The third-order valence-corrected chi connectivity index (χ3v) is 2.42. The van der Waals surface area contributed by atoms with Crippen LogP contribution in [0.4, 0.5) is 0 Å². The lowest BCUT2D eigenvalue weighted by Crippen LogP contribution is -2.04. The Kier molecular flexibility index (Phi) is 2.44. The van der Waals surface area contributed by atoms with E-state index in [0.717, 1.165) is 21.5 Å². The Labute approximate surface area is 86.9 Å². The summed E-state index contributed by atoms with van der Waals surface area (Å²) in [6.07, 6.45) is 1.77. The standard InChI is InChI=1S/C10H11ClN2O/c1-7-4-9(11)5-8-6-12-13(2-3-14)10(7)8/h4-6,14H,2-3H2,1H3. The van der Waals surface area contributed by atoms with Crippen LogP contribution in [0.3, 0.4) is 0 Å². The molecule has 0 radical (unpaired) electrons. The van der Waals surface area contributed by atoms with Gasteiger partial charge in [-0.25, -0.2) is 0 Å². The maximum atomic E-state index is 8.86. The molecule has 0 aliphatic carbocycles. The van der Waals surface area contributed by atoms with E-state index in [9.17, 15) is 0 Å². The largest absolute Gasteiger partial charge is 0.394 e. The van der Waals surface area contributed by atoms with E-state index in [1.54, 1.807) is 10.9 Å². The summed E-state index contributed by atoms with van der Waals surface area (Å²) in [7, 11) is 0. The zero-order valence-corrected chi connectivity index (χ0v) is 8.62. The molecule has 74 valence electrons. The molecule has 0 aliphatic heterocycles. The monoisotopic (exact) mass is 210 g/mol. The highest BCUT2D eigenvalue weighted by Crippen LogP contribution is 2.23. The third kappa shape index (κ3) is 1.49. The van der Waals surface area contributed by atoms with Gasteiger partial charge in [-0.15, -0.1) is 0 Å². The average molecular weight is 211 g/mol. The van der Waals surface area contributed by atoms with Crippen molar-refractivity contribution in [2.75, 3.05) is 6.61 Å². The van der Waals surface area contributed by atoms with Crippen molar-refractivity contribution in [1.29, 1.82) is 0 Å². The maximum absolute atomic E-state index is 8.86. The molecular formula is C10H11ClN2O. The molecule has 2 aromatic rings. The molecule has 1 aromatic heterocycles. The van der Waals surface area contributed by atoms with Gasteiger partial charge in [0.15, 0.2) is 0 Å². The number of nitrogens with zero attached hydrogens (tertiary/aromatic N) is 2. The van der Waals surface area contributed by atoms with Crippen molar-refractivity contribution in [2.24, 2.45) is 0 Å². The fourth-order valence-electron chi connectivity index (χ4n) is 1.67. The second-order valence-electron chi connectivity index (χ2n) is 3.25. The summed E-state index contributed by atoms with van der Waals surface area (Å²) >= 11 is 5.92. The van der Waals surface area contributed by atoms with E-state index in [1.165, 1.54) is 0 Å². The smallest absolute Gasteiger partial charge is 0.0713 e. The number of hydrogen-bond donors (Lipinski definition) is 1. The quantitative estimate of drug-likeness (QED) is 0.823. The highest BCUT2D eigenvalue weighted by atomic mass is 35.5. The summed E-state index contributed by atoms with van der Waals surface area (Å²) < 4.78 is 1.79. The van der Waals surface area contributed by atoms with Crippen LogP contribution in [0.2, 0.25) is 5.02 Å². The van der Waals surface area contributed by atoms with Crippen LogP contribution in [-0.4, -0.2) is 21.5 Å². The average Bonchev–Trinajstić information content (AvgIpc) is 2.49. The zero-order valence-electron chi connectivity index (χ0n) is 7.87. The van der Waals surface area contributed by atoms with Crippen LogP contribution >= 0.6 is 11.6 Å². The minimum Gasteiger partial charge on any atom is -0.394 e. The molecule has 0 aliphatic rings. The van der Waals surface area contributed by atoms with Gasteiger partial charge in [0.2, 0.25) is 0 Å². The van der Waals surface area contributed by atoms with Crippen molar-refractivity contribution in [3.63, 3.8) is 0 Å². The summed E-state index contributed by atoms with van der Waals surface area (Å²) in [6, 6.07) is 3.78. The fraction of sp³-hybridized carbons (Fsp3) is 0.300. The van der Waals surface area contributed by atoms with Crippen molar-refractivity contribution < 1.29 is 5.11 Å². The molecule has 4 heteroatoms. The van der Waals surface area contributed by atoms with Crippen molar-refractivity contribution in [3.05, 3.63) is 28.9 Å². The van der Waals surface area contributed by atoms with Gasteiger partial charge in [0.05, 0.1) is 24.9 Å². The van der Waals surface area contributed by atoms with Gasteiger partial charge >= 0.3 is 0 Å². The normalized spacial score (nSPS) is 11.1. The molecule has 3 nitrogen and oxygen atoms in total. The zero-order chi connectivity index (χ0) is 10.1. The van der Waals surface area contributed by atoms with Gasteiger partial charge in [-0.1, -0.05) is 11.6 Å². The van der Waals surface area contributed by atoms with Gasteiger partial charge in [0, 0.05) is 10.4 Å². The number of aliphatic hydroxyl groups excluding tert-OH is 1. The number of aryl methyl sites for hydroxylation is 1. The number of halogens is 1. The Morgan fingerprint density at radius 3 is 3.00 bits per heavy atom. The Bertz CT molecular complexity index is 464. The molecular weight excluding hydrogens is 200 g/mol. The Hall–Kier alpha value is -1.06. The molecule has 1 heterocycles. The fourth-order valence-corrected chi connectivity index (χ4v) is 1.95. The summed E-state index contributed by atoms with van der Waals surface area (Å²) in [5.41, 5.74) is 2.13. The predicted molar refractivity (Wildman–Crippen MR) is 56.6 cm³/mol. The van der Waals surface area contributed by atoms with E-state index in [2.05, 4.69) is 5.10 Å². The van der Waals surface area contributed by atoms with Gasteiger partial charge in [-0.3, -0.25) is 4.68 Å². The van der Waals surface area contributed by atoms with E-state index in [1.807, 2.05) is 19.1 Å². The first-order chi connectivity index (χ1) is 6.72. The van der Waals surface area contributed by atoms with Gasteiger partial charge in [0.25, 0.3) is 0 Å². The van der Waals surface area contributed by atoms with Gasteiger partial charge in [0.1, 0.15) is 0 Å². The lowest BCUT2D eigenvalue weighted by atomic mass is 10.2. The van der Waals surface area contributed by atoms with Crippen LogP contribution in [-0.2, 0) is 6.54 Å². The van der Waals surface area contributed by atoms with Crippen molar-refractivity contribution >= 4 is 22.5 Å². The lowest BCUT2D eigenvalue weighted by molar-refractivity contribution is 0.271. The summed E-state index contributed by atoms with van der Waals surface area (Å²) in [5.74, 6) is 0. The second kappa shape index (κ2) is 3.59. The first-order valence-corrected chi connectivity index (χ1v) is 4.82. The Morgan fingerprint density at radius 1 is 1.50 bits per heavy atom. The molecule has 0 spiro atoms. The minimum atomic E-state index is 0.0961. The molecule has 2 rings (SSSR count).